The summed E-state index contributed by atoms with van der Waals surface area (Å²) in [6, 6.07) is 72.6. The van der Waals surface area contributed by atoms with Crippen LogP contribution in [0.15, 0.2) is 258 Å². The molecule has 19 N–H and O–H groups in total. The summed E-state index contributed by atoms with van der Waals surface area (Å²) in [5, 5.41) is 152. The minimum Gasteiger partial charge on any atom is -0.508 e. The first-order chi connectivity index (χ1) is 69.0. The summed E-state index contributed by atoms with van der Waals surface area (Å²) in [6.07, 6.45) is 8.37. The van der Waals surface area contributed by atoms with E-state index in [0.717, 1.165) is 82.8 Å². The number of non-ortho nitro benzene ring substituents is 1. The van der Waals surface area contributed by atoms with Gasteiger partial charge < -0.3 is 97.5 Å². The van der Waals surface area contributed by atoms with Crippen molar-refractivity contribution in [3.63, 3.8) is 0 Å². The Kier molecular flexibility index (Phi) is 63.6. The van der Waals surface area contributed by atoms with Crippen molar-refractivity contribution in [1.82, 2.24) is 0 Å². The third-order valence-corrected chi connectivity index (χ3v) is 25.1. The monoisotopic (exact) mass is 2170 g/mol. The third kappa shape index (κ3) is 57.3. The molecule has 0 saturated heterocycles. The summed E-state index contributed by atoms with van der Waals surface area (Å²) >= 11 is 12.5. The van der Waals surface area contributed by atoms with E-state index in [1.807, 2.05) is 220 Å². The number of fused-ring (bicyclic) bond motifs is 1. The molecule has 0 amide bonds. The predicted molar refractivity (Wildman–Crippen MR) is 606 cm³/mol. The molecule has 0 bridgehead atoms. The van der Waals surface area contributed by atoms with Gasteiger partial charge in [0.2, 0.25) is 6.79 Å². The molecule has 11 aromatic carbocycles. The van der Waals surface area contributed by atoms with Crippen molar-refractivity contribution >= 4 is 60.9 Å². The van der Waals surface area contributed by atoms with Crippen molar-refractivity contribution in [3.05, 3.63) is 345 Å². The maximum atomic E-state index is 10.4. The molecule has 0 spiro atoms. The largest absolute Gasteiger partial charge is 0.508 e. The first-order valence-electron chi connectivity index (χ1n) is 50.4. The average molecular weight is 2180 g/mol. The van der Waals surface area contributed by atoms with Crippen LogP contribution in [0.3, 0.4) is 0 Å². The highest BCUT2D eigenvalue weighted by Gasteiger charge is 2.21. The van der Waals surface area contributed by atoms with E-state index in [1.165, 1.54) is 47.0 Å². The molecule has 11 aromatic rings. The number of aromatic hydroxyl groups is 8. The number of aliphatic hydroxyl groups is 7. The first-order valence-corrected chi connectivity index (χ1v) is 52.3. The summed E-state index contributed by atoms with van der Waals surface area (Å²) in [4.78, 5) is 13.3. The van der Waals surface area contributed by atoms with Gasteiger partial charge in [0.15, 0.2) is 45.9 Å². The zero-order valence-electron chi connectivity index (χ0n) is 89.9. The molecule has 1 heterocycles. The first kappa shape index (κ1) is 132. The van der Waals surface area contributed by atoms with Crippen LogP contribution < -0.4 is 20.9 Å². The normalized spacial score (nSPS) is 13.0. The number of hydrogen-bond donors (Lipinski definition) is 17. The van der Waals surface area contributed by atoms with Crippen molar-refractivity contribution < 1.29 is 91.0 Å². The fourth-order valence-electron chi connectivity index (χ4n) is 12.6. The lowest BCUT2D eigenvalue weighted by atomic mass is 9.97. The number of nitro benzene ring substituents is 1. The standard InChI is InChI=1S/C12H15NO.C12H16O3.C11H15BrO.C11H13Br.C11H15ClO.C11H15NO3.C11H17NO2.C11H17NO.2C11H16O2.C9H12O3/c1-9(2)12(14)8-10-4-6-11(13-3)7-5-10;1-8(2)10(13)5-9-3-4-11-12(6-9)15-7-14-11;1-8(2)11(13)7-9-3-5-10(12)6-4-9;1-9(2)3-4-10-5-7-11(12)8-6-10;1-8(2)11(13)7-9-3-5-10(12)6-4-9;1-8(2)11(13)7-9-3-5-10(6-4-9)12(14)15;1-7(2)9(12)5-8-3-4-10(13)11(14)6-8;1-8(2)11(12)7-9-3-5-10(13)6-4-9;1-8(2)11(13)7-9-3-5-10(12)6-4-9;1-8(2)11(13)7-9-4-3-5-10(12)6-9;1-5(2)6-3-7(10)9(12)8(11)4-6/h4-7,9,12,14H,8H2,1-2H3;3-4,6,8,10,13H,5,7H2,1-2H3;3-6,8,11,13H,7H2,1-2H3;3-9H,1-2H3;3-6,8,11,13H,7H2,1-2H3;3-6,8,11,13H,7H2,1-2H3;3-4,6-7,9,13-14H,5,12H2,1-2H3;3-6,8,11,13H,7,12H2,1-2H3;2*3-6,8,11-13H,7H2,1-2H3;3-5,10-12H,1-2H3/b;;;4-3+;;;;;;;/t12-;10-;11-;;2*11-;9-;3*11-;/m111.110000./s1. The summed E-state index contributed by atoms with van der Waals surface area (Å²) in [5.41, 5.74) is 24.1. The van der Waals surface area contributed by atoms with E-state index >= 15 is 0 Å². The number of ether oxygens (including phenoxy) is 2. The Hall–Kier alpha value is -11.1. The molecule has 147 heavy (non-hydrogen) atoms. The van der Waals surface area contributed by atoms with Gasteiger partial charge in [0.1, 0.15) is 17.2 Å². The molecule has 0 aliphatic carbocycles. The highest BCUT2D eigenvalue weighted by molar-refractivity contribution is 9.10. The molecule has 0 unspecified atom stereocenters. The SMILES string of the molecule is CC(C)/C=C/c1ccc(Br)cc1.CC(C)[C@@H](N)Cc1ccc(O)c(O)c1.CC(C)[C@@H](N)Cc1ccc(O)cc1.CC(C)[C@@H](O)Cc1ccc(O)cc1.CC(C)[C@@H](O)Cc1cccc(O)c1.CC(C)[C@H](O)Cc1ccc(Br)cc1.CC(C)[C@H](O)Cc1ccc(Cl)cc1.CC(C)[C@H](O)Cc1ccc([N+](=O)[O-])cc1.CC(C)[C@H](O)Cc1ccc2c(c1)OCO2.CC(C)c1cc(O)c(O)c(O)c1.[C-]#[N+]c1ccc(C[C@@H](O)C(C)C)cc1. The maximum absolute atomic E-state index is 10.4. The lowest BCUT2D eigenvalue weighted by molar-refractivity contribution is -0.384. The van der Waals surface area contributed by atoms with Gasteiger partial charge in [0.25, 0.3) is 5.69 Å². The van der Waals surface area contributed by atoms with Gasteiger partial charge in [-0.15, -0.1) is 0 Å². The van der Waals surface area contributed by atoms with E-state index in [0.29, 0.717) is 92.8 Å². The number of nitro groups is 1. The average Bonchev–Trinajstić information content (AvgIpc) is 1.79. The molecule has 9 atom stereocenters. The van der Waals surface area contributed by atoms with Crippen LogP contribution in [0.5, 0.6) is 57.5 Å². The van der Waals surface area contributed by atoms with E-state index in [9.17, 15) is 56.1 Å². The molecule has 0 saturated carbocycles. The molecule has 23 nitrogen and oxygen atoms in total. The van der Waals surface area contributed by atoms with Crippen LogP contribution in [0.2, 0.25) is 5.02 Å². The van der Waals surface area contributed by atoms with Crippen molar-refractivity contribution in [2.75, 3.05) is 6.79 Å². The summed E-state index contributed by atoms with van der Waals surface area (Å²) in [7, 11) is 0. The van der Waals surface area contributed by atoms with E-state index < -0.39 is 16.8 Å². The summed E-state index contributed by atoms with van der Waals surface area (Å²) < 4.78 is 12.7. The number of halogens is 3. The molecule has 1 aliphatic heterocycles. The quantitative estimate of drug-likeness (QED) is 0.00830. The maximum Gasteiger partial charge on any atom is 0.269 e. The van der Waals surface area contributed by atoms with Gasteiger partial charge in [-0.3, -0.25) is 10.1 Å². The third-order valence-electron chi connectivity index (χ3n) is 23.8. The van der Waals surface area contributed by atoms with Crippen molar-refractivity contribution in [2.45, 2.75) is 271 Å². The van der Waals surface area contributed by atoms with Crippen molar-refractivity contribution in [3.8, 4) is 57.5 Å². The Morgan fingerprint density at radius 3 is 1.01 bits per heavy atom. The van der Waals surface area contributed by atoms with Crippen LogP contribution in [0.25, 0.3) is 10.9 Å². The Bertz CT molecular complexity index is 5260. The zero-order chi connectivity index (χ0) is 111. The predicted octanol–water partition coefficient (Wildman–Crippen LogP) is 26.3. The van der Waals surface area contributed by atoms with Crippen molar-refractivity contribution in [2.24, 2.45) is 70.6 Å². The zero-order valence-corrected chi connectivity index (χ0v) is 93.8. The molecular weight excluding hydrogens is 2010 g/mol. The Morgan fingerprint density at radius 2 is 0.667 bits per heavy atom. The molecule has 0 aromatic heterocycles. The van der Waals surface area contributed by atoms with Crippen LogP contribution >= 0.6 is 43.5 Å². The topological polar surface area (TPSA) is 421 Å². The fourth-order valence-corrected chi connectivity index (χ4v) is 13.3. The molecule has 12 rings (SSSR count). The molecule has 806 valence electrons. The second kappa shape index (κ2) is 70.8. The van der Waals surface area contributed by atoms with Gasteiger partial charge in [-0.05, 0) is 293 Å². The van der Waals surface area contributed by atoms with Crippen molar-refractivity contribution in [1.29, 1.82) is 0 Å². The van der Waals surface area contributed by atoms with Crippen LogP contribution in [0.4, 0.5) is 11.4 Å². The number of phenols is 8. The van der Waals surface area contributed by atoms with E-state index in [4.69, 9.17) is 69.8 Å². The van der Waals surface area contributed by atoms with Gasteiger partial charge in [0.05, 0.1) is 54.2 Å². The van der Waals surface area contributed by atoms with Gasteiger partial charge in [0, 0.05) is 38.2 Å². The Morgan fingerprint density at radius 1 is 0.354 bits per heavy atom. The van der Waals surface area contributed by atoms with Gasteiger partial charge >= 0.3 is 0 Å². The molecule has 1 aliphatic rings. The number of rotatable bonds is 31. The highest BCUT2D eigenvalue weighted by Crippen LogP contribution is 2.38. The molecule has 0 fully saturated rings. The number of phenolic OH excluding ortho intramolecular Hbond substituents is 8. The lowest BCUT2D eigenvalue weighted by Gasteiger charge is -2.15. The smallest absolute Gasteiger partial charge is 0.269 e. The summed E-state index contributed by atoms with van der Waals surface area (Å²) in [6.45, 7) is 51.6. The number of nitrogens with zero attached hydrogens (tertiary/aromatic N) is 2. The van der Waals surface area contributed by atoms with Crippen LogP contribution in [0.1, 0.15) is 219 Å². The van der Waals surface area contributed by atoms with Gasteiger partial charge in [-0.1, -0.05) is 329 Å². The second-order valence-electron chi connectivity index (χ2n) is 40.5. The fraction of sp³-hybridized carbons (Fsp3) is 0.430. The molecule has 0 radical (unpaired) electrons. The minimum absolute atomic E-state index is 0.0813. The van der Waals surface area contributed by atoms with Crippen LogP contribution in [-0.2, 0) is 57.8 Å². The second-order valence-corrected chi connectivity index (χ2v) is 42.8. The number of benzene rings is 11. The Labute approximate surface area is 897 Å². The van der Waals surface area contributed by atoms with Gasteiger partial charge in [-0.25, -0.2) is 4.85 Å². The Balaban J connectivity index is 0.000000547. The van der Waals surface area contributed by atoms with Crippen LogP contribution in [-0.4, -0.2) is 143 Å². The lowest BCUT2D eigenvalue weighted by Crippen LogP contribution is -2.28. The number of hydrogen-bond acceptors (Lipinski definition) is 21. The molecule has 26 heteroatoms. The van der Waals surface area contributed by atoms with Crippen LogP contribution in [0, 0.1) is 75.9 Å². The number of aliphatic hydroxyl groups excluding tert-OH is 7. The minimum atomic E-state index is -0.459. The van der Waals surface area contributed by atoms with E-state index in [2.05, 4.69) is 115 Å². The van der Waals surface area contributed by atoms with Gasteiger partial charge in [-0.2, -0.15) is 0 Å². The highest BCUT2D eigenvalue weighted by atomic mass is 79.9. The molecular formula is C121H167Br2ClN4O19. The van der Waals surface area contributed by atoms with E-state index in [-0.39, 0.29) is 124 Å². The number of allylic oxidation sites excluding steroid dienone is 1. The van der Waals surface area contributed by atoms with E-state index in [1.54, 1.807) is 78.9 Å². The number of nitrogens with two attached hydrogens (primary N) is 2. The summed E-state index contributed by atoms with van der Waals surface area (Å²) in [5.74, 6) is 4.83.